The summed E-state index contributed by atoms with van der Waals surface area (Å²) in [5.74, 6) is -0.309. The SMILES string of the molecule is CCCC[C@@H](C(C)=O)C(C)C(=O)c1cccnc1C. The lowest BCUT2D eigenvalue weighted by Gasteiger charge is -2.20. The molecule has 2 atom stereocenters. The number of unbranched alkanes of at least 4 members (excludes halogenated alkanes) is 1. The third kappa shape index (κ3) is 3.98. The van der Waals surface area contributed by atoms with Gasteiger partial charge in [0.15, 0.2) is 5.78 Å². The largest absolute Gasteiger partial charge is 0.300 e. The van der Waals surface area contributed by atoms with Gasteiger partial charge in [-0.05, 0) is 32.4 Å². The minimum Gasteiger partial charge on any atom is -0.300 e. The number of carbonyl (C=O) groups is 2. The number of Topliss-reactive ketones (excluding diaryl/α,β-unsaturated/α-hetero) is 2. The molecule has 0 amide bonds. The molecule has 0 bridgehead atoms. The van der Waals surface area contributed by atoms with E-state index in [1.807, 2.05) is 13.8 Å². The van der Waals surface area contributed by atoms with Crippen LogP contribution in [0.5, 0.6) is 0 Å². The maximum absolute atomic E-state index is 12.5. The molecule has 0 N–H and O–H groups in total. The monoisotopic (exact) mass is 261 g/mol. The molecule has 19 heavy (non-hydrogen) atoms. The van der Waals surface area contributed by atoms with Crippen molar-refractivity contribution >= 4 is 11.6 Å². The van der Waals surface area contributed by atoms with E-state index in [4.69, 9.17) is 0 Å². The third-order valence-corrected chi connectivity index (χ3v) is 3.68. The fourth-order valence-corrected chi connectivity index (χ4v) is 2.40. The predicted octanol–water partition coefficient (Wildman–Crippen LogP) is 3.60. The number of aromatic nitrogens is 1. The number of pyridine rings is 1. The highest BCUT2D eigenvalue weighted by Crippen LogP contribution is 2.24. The van der Waals surface area contributed by atoms with Gasteiger partial charge in [0, 0.05) is 29.3 Å². The molecule has 0 aliphatic carbocycles. The Balaban J connectivity index is 2.90. The van der Waals surface area contributed by atoms with Crippen molar-refractivity contribution < 1.29 is 9.59 Å². The minimum absolute atomic E-state index is 0.0295. The van der Waals surface area contributed by atoms with Crippen LogP contribution in [0.2, 0.25) is 0 Å². The Morgan fingerprint density at radius 1 is 1.37 bits per heavy atom. The summed E-state index contributed by atoms with van der Waals surface area (Å²) in [5.41, 5.74) is 1.37. The number of ketones is 2. The van der Waals surface area contributed by atoms with Gasteiger partial charge in [-0.25, -0.2) is 0 Å². The summed E-state index contributed by atoms with van der Waals surface area (Å²) in [7, 11) is 0. The van der Waals surface area contributed by atoms with Crippen LogP contribution in [-0.4, -0.2) is 16.6 Å². The topological polar surface area (TPSA) is 47.0 Å². The Kier molecular flexibility index (Phi) is 5.87. The van der Waals surface area contributed by atoms with Crippen LogP contribution in [-0.2, 0) is 4.79 Å². The van der Waals surface area contributed by atoms with Crippen molar-refractivity contribution in [2.75, 3.05) is 0 Å². The van der Waals surface area contributed by atoms with Crippen molar-refractivity contribution in [1.29, 1.82) is 0 Å². The van der Waals surface area contributed by atoms with Gasteiger partial charge in [0.2, 0.25) is 0 Å². The van der Waals surface area contributed by atoms with Gasteiger partial charge in [-0.2, -0.15) is 0 Å². The highest BCUT2D eigenvalue weighted by Gasteiger charge is 2.28. The van der Waals surface area contributed by atoms with E-state index in [2.05, 4.69) is 11.9 Å². The molecule has 0 radical (unpaired) electrons. The van der Waals surface area contributed by atoms with E-state index >= 15 is 0 Å². The zero-order valence-corrected chi connectivity index (χ0v) is 12.3. The molecule has 3 nitrogen and oxygen atoms in total. The number of hydrogen-bond acceptors (Lipinski definition) is 3. The molecule has 104 valence electrons. The molecule has 1 heterocycles. The highest BCUT2D eigenvalue weighted by atomic mass is 16.1. The van der Waals surface area contributed by atoms with Gasteiger partial charge in [-0.3, -0.25) is 14.6 Å². The molecule has 1 unspecified atom stereocenters. The van der Waals surface area contributed by atoms with E-state index in [0.29, 0.717) is 5.56 Å². The second-order valence-corrected chi connectivity index (χ2v) is 5.15. The van der Waals surface area contributed by atoms with Gasteiger partial charge >= 0.3 is 0 Å². The molecular weight excluding hydrogens is 238 g/mol. The zero-order chi connectivity index (χ0) is 14.4. The number of nitrogens with zero attached hydrogens (tertiary/aromatic N) is 1. The number of aryl methyl sites for hydroxylation is 1. The Hall–Kier alpha value is -1.51. The van der Waals surface area contributed by atoms with Crippen molar-refractivity contribution in [3.05, 3.63) is 29.6 Å². The molecule has 0 aliphatic rings. The molecule has 0 aromatic carbocycles. The van der Waals surface area contributed by atoms with Gasteiger partial charge in [-0.15, -0.1) is 0 Å². The maximum atomic E-state index is 12.5. The standard InChI is InChI=1S/C16H23NO2/c1-5-6-8-14(13(4)18)11(2)16(19)15-9-7-10-17-12(15)3/h7,9-11,14H,5-6,8H2,1-4H3/t11?,14-/m1/s1. The van der Waals surface area contributed by atoms with Crippen LogP contribution in [0.1, 0.15) is 56.1 Å². The maximum Gasteiger partial charge on any atom is 0.168 e. The predicted molar refractivity (Wildman–Crippen MR) is 76.2 cm³/mol. The summed E-state index contributed by atoms with van der Waals surface area (Å²) >= 11 is 0. The van der Waals surface area contributed by atoms with E-state index < -0.39 is 0 Å². The fourth-order valence-electron chi connectivity index (χ4n) is 2.40. The van der Waals surface area contributed by atoms with Crippen LogP contribution in [0, 0.1) is 18.8 Å². The fraction of sp³-hybridized carbons (Fsp3) is 0.562. The molecule has 3 heteroatoms. The van der Waals surface area contributed by atoms with E-state index in [0.717, 1.165) is 25.0 Å². The molecule has 0 spiro atoms. The Morgan fingerprint density at radius 2 is 2.05 bits per heavy atom. The molecule has 0 saturated heterocycles. The quantitative estimate of drug-likeness (QED) is 0.704. The van der Waals surface area contributed by atoms with Gasteiger partial charge < -0.3 is 0 Å². The number of rotatable bonds is 7. The van der Waals surface area contributed by atoms with Crippen LogP contribution in [0.25, 0.3) is 0 Å². The second kappa shape index (κ2) is 7.17. The van der Waals surface area contributed by atoms with Crippen LogP contribution >= 0.6 is 0 Å². The van der Waals surface area contributed by atoms with Gasteiger partial charge in [0.05, 0.1) is 0 Å². The first-order chi connectivity index (χ1) is 8.99. The number of carbonyl (C=O) groups excluding carboxylic acids is 2. The van der Waals surface area contributed by atoms with E-state index in [1.54, 1.807) is 25.3 Å². The van der Waals surface area contributed by atoms with Crippen molar-refractivity contribution in [2.24, 2.45) is 11.8 Å². The summed E-state index contributed by atoms with van der Waals surface area (Å²) in [4.78, 5) is 28.4. The van der Waals surface area contributed by atoms with Gasteiger partial charge in [0.1, 0.15) is 5.78 Å². The first kappa shape index (κ1) is 15.5. The van der Waals surface area contributed by atoms with E-state index in [1.165, 1.54) is 0 Å². The Morgan fingerprint density at radius 3 is 2.58 bits per heavy atom. The molecule has 1 aromatic rings. The lowest BCUT2D eigenvalue weighted by Crippen LogP contribution is -2.27. The molecule has 1 aromatic heterocycles. The summed E-state index contributed by atoms with van der Waals surface area (Å²) in [6.07, 6.45) is 4.48. The molecule has 0 fully saturated rings. The van der Waals surface area contributed by atoms with E-state index in [-0.39, 0.29) is 23.4 Å². The lowest BCUT2D eigenvalue weighted by atomic mass is 9.81. The van der Waals surface area contributed by atoms with Gasteiger partial charge in [-0.1, -0.05) is 26.7 Å². The molecule has 0 aliphatic heterocycles. The number of hydrogen-bond donors (Lipinski definition) is 0. The van der Waals surface area contributed by atoms with Crippen molar-refractivity contribution in [3.63, 3.8) is 0 Å². The first-order valence-electron chi connectivity index (χ1n) is 6.95. The van der Waals surface area contributed by atoms with Crippen LogP contribution in [0.15, 0.2) is 18.3 Å². The average Bonchev–Trinajstić information content (AvgIpc) is 2.38. The third-order valence-electron chi connectivity index (χ3n) is 3.68. The smallest absolute Gasteiger partial charge is 0.168 e. The summed E-state index contributed by atoms with van der Waals surface area (Å²) < 4.78 is 0. The first-order valence-corrected chi connectivity index (χ1v) is 6.95. The summed E-state index contributed by atoms with van der Waals surface area (Å²) in [5, 5.41) is 0. The highest BCUT2D eigenvalue weighted by molar-refractivity contribution is 6.01. The Labute approximate surface area is 115 Å². The van der Waals surface area contributed by atoms with Crippen LogP contribution in [0.4, 0.5) is 0 Å². The van der Waals surface area contributed by atoms with E-state index in [9.17, 15) is 9.59 Å². The summed E-state index contributed by atoms with van der Waals surface area (Å²) in [6.45, 7) is 7.36. The van der Waals surface area contributed by atoms with Crippen molar-refractivity contribution in [2.45, 2.75) is 47.0 Å². The average molecular weight is 261 g/mol. The van der Waals surface area contributed by atoms with Crippen molar-refractivity contribution in [1.82, 2.24) is 4.98 Å². The molecular formula is C16H23NO2. The minimum atomic E-state index is -0.271. The van der Waals surface area contributed by atoms with Gasteiger partial charge in [0.25, 0.3) is 0 Å². The van der Waals surface area contributed by atoms with Crippen LogP contribution < -0.4 is 0 Å². The summed E-state index contributed by atoms with van der Waals surface area (Å²) in [6, 6.07) is 3.56. The van der Waals surface area contributed by atoms with Crippen molar-refractivity contribution in [3.8, 4) is 0 Å². The Bertz CT molecular complexity index is 454. The zero-order valence-electron chi connectivity index (χ0n) is 12.3. The second-order valence-electron chi connectivity index (χ2n) is 5.15. The molecule has 0 saturated carbocycles. The molecule has 1 rings (SSSR count). The van der Waals surface area contributed by atoms with Crippen LogP contribution in [0.3, 0.4) is 0 Å². The lowest BCUT2D eigenvalue weighted by molar-refractivity contribution is -0.122. The normalized spacial score (nSPS) is 13.9.